The van der Waals surface area contributed by atoms with Crippen LogP contribution in [0.2, 0.25) is 0 Å². The molecule has 2 rings (SSSR count). The number of hydrogen-bond acceptors (Lipinski definition) is 4. The highest BCUT2D eigenvalue weighted by Crippen LogP contribution is 2.17. The molecule has 1 aliphatic heterocycles. The molecule has 1 fully saturated rings. The number of halogens is 1. The summed E-state index contributed by atoms with van der Waals surface area (Å²) in [4.78, 5) is 23.2. The Hall–Kier alpha value is -1.80. The fraction of sp³-hybridized carbons (Fsp3) is 0.273. The van der Waals surface area contributed by atoms with Crippen molar-refractivity contribution in [1.29, 1.82) is 0 Å². The smallest absolute Gasteiger partial charge is 0.247 e. The predicted molar refractivity (Wildman–Crippen MR) is 62.9 cm³/mol. The van der Waals surface area contributed by atoms with Gasteiger partial charge >= 0.3 is 0 Å². The lowest BCUT2D eigenvalue weighted by atomic mass is 10.3. The number of rotatable bonds is 3. The molecule has 102 valence electrons. The Balaban J connectivity index is 2.27. The lowest BCUT2D eigenvalue weighted by Gasteiger charge is -2.12. The summed E-state index contributed by atoms with van der Waals surface area (Å²) in [5.41, 5.74) is 0. The zero-order chi connectivity index (χ0) is 14.2. The van der Waals surface area contributed by atoms with Crippen LogP contribution in [-0.2, 0) is 19.6 Å². The number of likely N-dealkylation sites (N-methyl/N-ethyl adjacent to an activating group) is 1. The van der Waals surface area contributed by atoms with Crippen LogP contribution in [0.25, 0.3) is 0 Å². The second-order valence-corrected chi connectivity index (χ2v) is 5.78. The quantitative estimate of drug-likeness (QED) is 0.784. The third kappa shape index (κ3) is 2.49. The number of carbonyl (C=O) groups excluding carboxylic acids is 2. The maximum absolute atomic E-state index is 13.4. The first-order valence-electron chi connectivity index (χ1n) is 5.40. The van der Waals surface area contributed by atoms with Gasteiger partial charge in [-0.2, -0.15) is 4.72 Å². The summed E-state index contributed by atoms with van der Waals surface area (Å²) in [6.45, 7) is 0. The normalized spacial score (nSPS) is 20.1. The number of hydrogen-bond donors (Lipinski definition) is 1. The summed E-state index contributed by atoms with van der Waals surface area (Å²) in [6.07, 6.45) is -0.261. The highest BCUT2D eigenvalue weighted by atomic mass is 32.2. The second kappa shape index (κ2) is 4.71. The molecule has 1 aromatic carbocycles. The number of nitrogens with zero attached hydrogens (tertiary/aromatic N) is 1. The molecule has 0 bridgehead atoms. The van der Waals surface area contributed by atoms with Gasteiger partial charge in [-0.1, -0.05) is 12.1 Å². The zero-order valence-corrected chi connectivity index (χ0v) is 10.8. The van der Waals surface area contributed by atoms with Crippen molar-refractivity contribution in [3.63, 3.8) is 0 Å². The molecule has 0 saturated carbocycles. The number of benzene rings is 1. The van der Waals surface area contributed by atoms with Gasteiger partial charge in [0.1, 0.15) is 16.8 Å². The minimum absolute atomic E-state index is 0.261. The van der Waals surface area contributed by atoms with Gasteiger partial charge in [0.25, 0.3) is 0 Å². The first kappa shape index (κ1) is 13.6. The number of sulfonamides is 1. The molecule has 0 aliphatic carbocycles. The average molecular weight is 286 g/mol. The molecule has 1 aliphatic rings. The standard InChI is InChI=1S/C11H11FN2O4S/c1-14-10(15)6-8(11(14)16)13-19(17,18)9-5-3-2-4-7(9)12/h2-5,8,13H,6H2,1H3. The number of nitrogens with one attached hydrogen (secondary N) is 1. The topological polar surface area (TPSA) is 83.6 Å². The average Bonchev–Trinajstić information content (AvgIpc) is 2.57. The summed E-state index contributed by atoms with van der Waals surface area (Å²) in [5.74, 6) is -2.05. The highest BCUT2D eigenvalue weighted by Gasteiger charge is 2.39. The van der Waals surface area contributed by atoms with Gasteiger partial charge in [0.05, 0.1) is 6.42 Å². The molecule has 8 heteroatoms. The van der Waals surface area contributed by atoms with Crippen molar-refractivity contribution in [2.75, 3.05) is 7.05 Å². The second-order valence-electron chi connectivity index (χ2n) is 4.10. The lowest BCUT2D eigenvalue weighted by Crippen LogP contribution is -2.40. The van der Waals surface area contributed by atoms with Crippen LogP contribution < -0.4 is 4.72 Å². The summed E-state index contributed by atoms with van der Waals surface area (Å²) in [7, 11) is -2.91. The van der Waals surface area contributed by atoms with Gasteiger partial charge in [-0.15, -0.1) is 0 Å². The molecule has 1 atom stereocenters. The predicted octanol–water partition coefficient (Wildman–Crippen LogP) is -0.139. The van der Waals surface area contributed by atoms with Gasteiger partial charge in [0.15, 0.2) is 0 Å². The fourth-order valence-electron chi connectivity index (χ4n) is 1.76. The van der Waals surface area contributed by atoms with E-state index in [2.05, 4.69) is 0 Å². The molecule has 1 N–H and O–H groups in total. The Morgan fingerprint density at radius 2 is 1.95 bits per heavy atom. The number of carbonyl (C=O) groups is 2. The van der Waals surface area contributed by atoms with Crippen molar-refractivity contribution in [3.8, 4) is 0 Å². The number of amides is 2. The van der Waals surface area contributed by atoms with Crippen molar-refractivity contribution in [2.24, 2.45) is 0 Å². The van der Waals surface area contributed by atoms with E-state index in [1.54, 1.807) is 0 Å². The minimum atomic E-state index is -4.18. The Kier molecular flexibility index (Phi) is 3.38. The molecule has 6 nitrogen and oxygen atoms in total. The van der Waals surface area contributed by atoms with E-state index in [0.29, 0.717) is 0 Å². The van der Waals surface area contributed by atoms with E-state index in [1.165, 1.54) is 19.2 Å². The van der Waals surface area contributed by atoms with E-state index in [-0.39, 0.29) is 6.42 Å². The molecule has 19 heavy (non-hydrogen) atoms. The van der Waals surface area contributed by atoms with Crippen LogP contribution >= 0.6 is 0 Å². The first-order chi connectivity index (χ1) is 8.83. The van der Waals surface area contributed by atoms with Crippen molar-refractivity contribution in [2.45, 2.75) is 17.4 Å². The minimum Gasteiger partial charge on any atom is -0.284 e. The van der Waals surface area contributed by atoms with Crippen molar-refractivity contribution in [3.05, 3.63) is 30.1 Å². The summed E-state index contributed by atoms with van der Waals surface area (Å²) >= 11 is 0. The molecule has 0 aromatic heterocycles. The first-order valence-corrected chi connectivity index (χ1v) is 6.88. The zero-order valence-electron chi connectivity index (χ0n) is 9.96. The SMILES string of the molecule is CN1C(=O)CC(NS(=O)(=O)c2ccccc2F)C1=O. The van der Waals surface area contributed by atoms with Crippen LogP contribution in [0.3, 0.4) is 0 Å². The van der Waals surface area contributed by atoms with E-state index >= 15 is 0 Å². The van der Waals surface area contributed by atoms with Crippen LogP contribution in [0, 0.1) is 5.82 Å². The summed E-state index contributed by atoms with van der Waals surface area (Å²) < 4.78 is 39.3. The van der Waals surface area contributed by atoms with Gasteiger partial charge in [0, 0.05) is 7.05 Å². The van der Waals surface area contributed by atoms with E-state index in [9.17, 15) is 22.4 Å². The van der Waals surface area contributed by atoms with Crippen LogP contribution in [0.4, 0.5) is 4.39 Å². The van der Waals surface area contributed by atoms with Gasteiger partial charge in [-0.05, 0) is 12.1 Å². The Bertz CT molecular complexity index is 644. The molecular weight excluding hydrogens is 275 g/mol. The van der Waals surface area contributed by atoms with Crippen molar-refractivity contribution in [1.82, 2.24) is 9.62 Å². The van der Waals surface area contributed by atoms with E-state index in [0.717, 1.165) is 17.0 Å². The van der Waals surface area contributed by atoms with Gasteiger partial charge < -0.3 is 0 Å². The van der Waals surface area contributed by atoms with Crippen LogP contribution in [0.5, 0.6) is 0 Å². The van der Waals surface area contributed by atoms with E-state index in [1.807, 2.05) is 4.72 Å². The van der Waals surface area contributed by atoms with Crippen molar-refractivity contribution >= 4 is 21.8 Å². The lowest BCUT2D eigenvalue weighted by molar-refractivity contribution is -0.137. The third-order valence-corrected chi connectivity index (χ3v) is 4.31. The van der Waals surface area contributed by atoms with E-state index < -0.39 is 38.6 Å². The largest absolute Gasteiger partial charge is 0.284 e. The highest BCUT2D eigenvalue weighted by molar-refractivity contribution is 7.89. The van der Waals surface area contributed by atoms with Crippen molar-refractivity contribution < 1.29 is 22.4 Å². The molecule has 0 radical (unpaired) electrons. The van der Waals surface area contributed by atoms with Gasteiger partial charge in [-0.3, -0.25) is 14.5 Å². The molecule has 1 unspecified atom stereocenters. The van der Waals surface area contributed by atoms with E-state index in [4.69, 9.17) is 0 Å². The molecule has 2 amide bonds. The third-order valence-electron chi connectivity index (χ3n) is 2.81. The van der Waals surface area contributed by atoms with Crippen LogP contribution in [0.1, 0.15) is 6.42 Å². The molecular formula is C11H11FN2O4S. The fourth-order valence-corrected chi connectivity index (χ4v) is 3.03. The molecule has 1 saturated heterocycles. The monoisotopic (exact) mass is 286 g/mol. The molecule has 0 spiro atoms. The summed E-state index contributed by atoms with van der Waals surface area (Å²) in [6, 6.07) is 3.63. The van der Waals surface area contributed by atoms with Gasteiger partial charge in [-0.25, -0.2) is 12.8 Å². The maximum Gasteiger partial charge on any atom is 0.247 e. The Morgan fingerprint density at radius 3 is 2.47 bits per heavy atom. The maximum atomic E-state index is 13.4. The number of likely N-dealkylation sites (tertiary alicyclic amines) is 1. The van der Waals surface area contributed by atoms with Crippen LogP contribution in [0.15, 0.2) is 29.2 Å². The Labute approximate surface area is 109 Å². The van der Waals surface area contributed by atoms with Gasteiger partial charge in [0.2, 0.25) is 21.8 Å². The Morgan fingerprint density at radius 1 is 1.32 bits per heavy atom. The van der Waals surface area contributed by atoms with Crippen LogP contribution in [-0.4, -0.2) is 38.2 Å². The molecule has 1 aromatic rings. The summed E-state index contributed by atoms with van der Waals surface area (Å²) in [5, 5.41) is 0. The molecule has 1 heterocycles. The number of imide groups is 1.